The fourth-order valence-corrected chi connectivity index (χ4v) is 2.49. The number of alkyl halides is 2. The molecule has 0 saturated carbocycles. The van der Waals surface area contributed by atoms with Crippen LogP contribution in [0.4, 0.5) is 8.78 Å². The standard InChI is InChI=1S/C17H27F2NO/c1-5-12(3)11-14(6-2)20-13(4)15-9-7-8-10-16(15)21-17(18)19/h7-10,12-14,17,20H,5-6,11H2,1-4H3. The van der Waals surface area contributed by atoms with Crippen LogP contribution in [0.1, 0.15) is 58.6 Å². The Labute approximate surface area is 126 Å². The average Bonchev–Trinajstić information content (AvgIpc) is 2.46. The van der Waals surface area contributed by atoms with Crippen molar-refractivity contribution in [2.24, 2.45) is 5.92 Å². The van der Waals surface area contributed by atoms with Crippen molar-refractivity contribution >= 4 is 0 Å². The van der Waals surface area contributed by atoms with E-state index < -0.39 is 6.61 Å². The number of ether oxygens (including phenoxy) is 1. The van der Waals surface area contributed by atoms with E-state index in [1.807, 2.05) is 19.1 Å². The zero-order valence-corrected chi connectivity index (χ0v) is 13.4. The SMILES string of the molecule is CCC(C)CC(CC)NC(C)c1ccccc1OC(F)F. The number of para-hydroxylation sites is 1. The third kappa shape index (κ3) is 6.00. The van der Waals surface area contributed by atoms with Crippen LogP contribution in [0.15, 0.2) is 24.3 Å². The van der Waals surface area contributed by atoms with Gasteiger partial charge in [-0.2, -0.15) is 8.78 Å². The summed E-state index contributed by atoms with van der Waals surface area (Å²) >= 11 is 0. The highest BCUT2D eigenvalue weighted by Gasteiger charge is 2.18. The zero-order chi connectivity index (χ0) is 15.8. The minimum absolute atomic E-state index is 0.0195. The molecule has 1 rings (SSSR count). The van der Waals surface area contributed by atoms with Crippen molar-refractivity contribution in [2.75, 3.05) is 0 Å². The van der Waals surface area contributed by atoms with Crippen molar-refractivity contribution in [2.45, 2.75) is 65.7 Å². The minimum Gasteiger partial charge on any atom is -0.434 e. The van der Waals surface area contributed by atoms with Gasteiger partial charge in [0.2, 0.25) is 0 Å². The summed E-state index contributed by atoms with van der Waals surface area (Å²) in [7, 11) is 0. The first kappa shape index (κ1) is 17.9. The van der Waals surface area contributed by atoms with Gasteiger partial charge < -0.3 is 10.1 Å². The van der Waals surface area contributed by atoms with Crippen molar-refractivity contribution in [3.63, 3.8) is 0 Å². The highest BCUT2D eigenvalue weighted by molar-refractivity contribution is 5.35. The third-order valence-electron chi connectivity index (χ3n) is 3.96. The molecule has 0 bridgehead atoms. The monoisotopic (exact) mass is 299 g/mol. The molecular formula is C17H27F2NO. The van der Waals surface area contributed by atoms with Gasteiger partial charge in [0.25, 0.3) is 0 Å². The van der Waals surface area contributed by atoms with Gasteiger partial charge in [0, 0.05) is 17.6 Å². The molecule has 2 nitrogen and oxygen atoms in total. The summed E-state index contributed by atoms with van der Waals surface area (Å²) in [6.45, 7) is 5.77. The molecule has 0 amide bonds. The Morgan fingerprint density at radius 1 is 1.10 bits per heavy atom. The lowest BCUT2D eigenvalue weighted by atomic mass is 9.96. The van der Waals surface area contributed by atoms with E-state index in [0.717, 1.165) is 24.8 Å². The molecule has 1 N–H and O–H groups in total. The maximum absolute atomic E-state index is 12.5. The fourth-order valence-electron chi connectivity index (χ4n) is 2.49. The van der Waals surface area contributed by atoms with Gasteiger partial charge in [-0.1, -0.05) is 45.4 Å². The minimum atomic E-state index is -2.79. The second-order valence-electron chi connectivity index (χ2n) is 5.66. The molecule has 120 valence electrons. The first-order valence-electron chi connectivity index (χ1n) is 7.77. The van der Waals surface area contributed by atoms with Gasteiger partial charge in [0.1, 0.15) is 5.75 Å². The second kappa shape index (κ2) is 8.98. The van der Waals surface area contributed by atoms with Crippen molar-refractivity contribution in [1.29, 1.82) is 0 Å². The Morgan fingerprint density at radius 3 is 2.33 bits per heavy atom. The van der Waals surface area contributed by atoms with E-state index in [0.29, 0.717) is 12.0 Å². The van der Waals surface area contributed by atoms with Gasteiger partial charge in [-0.25, -0.2) is 0 Å². The highest BCUT2D eigenvalue weighted by atomic mass is 19.3. The first-order chi connectivity index (χ1) is 9.97. The predicted octanol–water partition coefficient (Wildman–Crippen LogP) is 5.15. The van der Waals surface area contributed by atoms with Gasteiger partial charge in [-0.15, -0.1) is 0 Å². The van der Waals surface area contributed by atoms with Crippen LogP contribution in [-0.4, -0.2) is 12.7 Å². The molecule has 0 aliphatic rings. The zero-order valence-electron chi connectivity index (χ0n) is 13.4. The highest BCUT2D eigenvalue weighted by Crippen LogP contribution is 2.27. The fraction of sp³-hybridized carbons (Fsp3) is 0.647. The van der Waals surface area contributed by atoms with E-state index in [1.165, 1.54) is 0 Å². The van der Waals surface area contributed by atoms with Crippen LogP contribution >= 0.6 is 0 Å². The molecule has 0 aromatic heterocycles. The van der Waals surface area contributed by atoms with Crippen molar-refractivity contribution in [3.05, 3.63) is 29.8 Å². The molecular weight excluding hydrogens is 272 g/mol. The summed E-state index contributed by atoms with van der Waals surface area (Å²) in [6, 6.07) is 7.36. The summed E-state index contributed by atoms with van der Waals surface area (Å²) < 4.78 is 29.5. The van der Waals surface area contributed by atoms with Crippen molar-refractivity contribution in [1.82, 2.24) is 5.32 Å². The van der Waals surface area contributed by atoms with Gasteiger partial charge in [0.15, 0.2) is 0 Å². The first-order valence-corrected chi connectivity index (χ1v) is 7.77. The van der Waals surface area contributed by atoms with Crippen LogP contribution in [0.5, 0.6) is 5.75 Å². The lowest BCUT2D eigenvalue weighted by Crippen LogP contribution is -2.32. The smallest absolute Gasteiger partial charge is 0.387 e. The van der Waals surface area contributed by atoms with Gasteiger partial charge in [0.05, 0.1) is 0 Å². The molecule has 0 spiro atoms. The maximum Gasteiger partial charge on any atom is 0.387 e. The van der Waals surface area contributed by atoms with Gasteiger partial charge in [-0.3, -0.25) is 0 Å². The van der Waals surface area contributed by atoms with Crippen molar-refractivity contribution in [3.8, 4) is 5.75 Å². The Hall–Kier alpha value is -1.16. The molecule has 0 fully saturated rings. The van der Waals surface area contributed by atoms with Crippen LogP contribution in [0, 0.1) is 5.92 Å². The van der Waals surface area contributed by atoms with E-state index >= 15 is 0 Å². The summed E-state index contributed by atoms with van der Waals surface area (Å²) in [5.41, 5.74) is 0.778. The van der Waals surface area contributed by atoms with Gasteiger partial charge >= 0.3 is 6.61 Å². The summed E-state index contributed by atoms with van der Waals surface area (Å²) in [6.07, 6.45) is 3.26. The number of hydrogen-bond acceptors (Lipinski definition) is 2. The Morgan fingerprint density at radius 2 is 1.76 bits per heavy atom. The van der Waals surface area contributed by atoms with Crippen LogP contribution in [0.2, 0.25) is 0 Å². The van der Waals surface area contributed by atoms with Crippen molar-refractivity contribution < 1.29 is 13.5 Å². The van der Waals surface area contributed by atoms with Crippen LogP contribution in [0.3, 0.4) is 0 Å². The molecule has 1 aromatic carbocycles. The number of benzene rings is 1. The topological polar surface area (TPSA) is 21.3 Å². The van der Waals surface area contributed by atoms with E-state index in [-0.39, 0.29) is 11.8 Å². The molecule has 3 unspecified atom stereocenters. The lowest BCUT2D eigenvalue weighted by Gasteiger charge is -2.26. The molecule has 0 radical (unpaired) electrons. The quantitative estimate of drug-likeness (QED) is 0.680. The number of hydrogen-bond donors (Lipinski definition) is 1. The molecule has 1 aromatic rings. The maximum atomic E-state index is 12.5. The predicted molar refractivity (Wildman–Crippen MR) is 82.8 cm³/mol. The number of halogens is 2. The molecule has 0 aliphatic heterocycles. The molecule has 0 saturated heterocycles. The Bertz CT molecular complexity index is 412. The molecule has 3 atom stereocenters. The van der Waals surface area contributed by atoms with E-state index in [1.54, 1.807) is 12.1 Å². The van der Waals surface area contributed by atoms with Crippen LogP contribution < -0.4 is 10.1 Å². The average molecular weight is 299 g/mol. The summed E-state index contributed by atoms with van der Waals surface area (Å²) in [4.78, 5) is 0. The molecule has 0 aliphatic carbocycles. The molecule has 0 heterocycles. The summed E-state index contributed by atoms with van der Waals surface area (Å²) in [5, 5.41) is 3.54. The van der Waals surface area contributed by atoms with E-state index in [4.69, 9.17) is 0 Å². The van der Waals surface area contributed by atoms with Crippen LogP contribution in [-0.2, 0) is 0 Å². The van der Waals surface area contributed by atoms with Crippen LogP contribution in [0.25, 0.3) is 0 Å². The Kier molecular flexibility index (Phi) is 7.65. The van der Waals surface area contributed by atoms with Gasteiger partial charge in [-0.05, 0) is 31.7 Å². The molecule has 21 heavy (non-hydrogen) atoms. The summed E-state index contributed by atoms with van der Waals surface area (Å²) in [5.74, 6) is 0.910. The van der Waals surface area contributed by atoms with E-state index in [9.17, 15) is 8.78 Å². The lowest BCUT2D eigenvalue weighted by molar-refractivity contribution is -0.0507. The third-order valence-corrected chi connectivity index (χ3v) is 3.96. The van der Waals surface area contributed by atoms with E-state index in [2.05, 4.69) is 30.8 Å². The number of nitrogens with one attached hydrogen (secondary N) is 1. The molecule has 4 heteroatoms. The largest absolute Gasteiger partial charge is 0.434 e. The second-order valence-corrected chi connectivity index (χ2v) is 5.66. The normalized spacial score (nSPS) is 15.8. The Balaban J connectivity index is 2.75. The number of rotatable bonds is 9.